The van der Waals surface area contributed by atoms with Crippen LogP contribution in [0.2, 0.25) is 0 Å². The Labute approximate surface area is 104 Å². The molecule has 1 fully saturated rings. The molecule has 1 aliphatic rings. The number of aliphatic hydroxyl groups is 1. The van der Waals surface area contributed by atoms with Gasteiger partial charge >= 0.3 is 0 Å². The van der Waals surface area contributed by atoms with Crippen LogP contribution in [0.5, 0.6) is 0 Å². The molecule has 0 radical (unpaired) electrons. The lowest BCUT2D eigenvalue weighted by Gasteiger charge is -2.33. The Bertz CT molecular complexity index is 329. The van der Waals surface area contributed by atoms with Gasteiger partial charge in [0, 0.05) is 0 Å². The van der Waals surface area contributed by atoms with Crippen molar-refractivity contribution in [2.45, 2.75) is 45.4 Å². The van der Waals surface area contributed by atoms with Crippen LogP contribution in [0.1, 0.15) is 40.0 Å². The van der Waals surface area contributed by atoms with Crippen molar-refractivity contribution in [1.29, 1.82) is 0 Å². The summed E-state index contributed by atoms with van der Waals surface area (Å²) in [6, 6.07) is 0. The molecule has 100 valence electrons. The summed E-state index contributed by atoms with van der Waals surface area (Å²) < 4.78 is 12.3. The number of hydrogen-bond donors (Lipinski definition) is 2. The van der Waals surface area contributed by atoms with Gasteiger partial charge in [-0.15, -0.1) is 0 Å². The molecule has 4 nitrogen and oxygen atoms in total. The fourth-order valence-corrected chi connectivity index (χ4v) is 3.73. The van der Waals surface area contributed by atoms with Gasteiger partial charge in [0.2, 0.25) is 7.37 Å². The number of hydrogen-bond acceptors (Lipinski definition) is 3. The highest BCUT2D eigenvalue weighted by atomic mass is 31.2. The second kappa shape index (κ2) is 5.66. The molecular weight excluding hydrogens is 237 g/mol. The number of nitrogens with zero attached hydrogens (tertiary/aromatic N) is 1. The molecule has 1 rings (SSSR count). The molecule has 0 aromatic heterocycles. The highest BCUT2D eigenvalue weighted by molar-refractivity contribution is 7.59. The average Bonchev–Trinajstić information content (AvgIpc) is 2.16. The van der Waals surface area contributed by atoms with Crippen molar-refractivity contribution in [2.75, 3.05) is 19.4 Å². The number of rotatable bonds is 4. The van der Waals surface area contributed by atoms with E-state index in [-0.39, 0.29) is 6.29 Å². The molecule has 1 saturated heterocycles. The van der Waals surface area contributed by atoms with Crippen molar-refractivity contribution in [2.24, 2.45) is 0 Å². The van der Waals surface area contributed by atoms with Gasteiger partial charge in [-0.1, -0.05) is 12.0 Å². The van der Waals surface area contributed by atoms with E-state index in [1.54, 1.807) is 0 Å². The molecule has 1 unspecified atom stereocenters. The average molecular weight is 261 g/mol. The lowest BCUT2D eigenvalue weighted by atomic mass is 10.1. The van der Waals surface area contributed by atoms with E-state index in [4.69, 9.17) is 0 Å². The molecule has 0 aromatic carbocycles. The Morgan fingerprint density at radius 1 is 1.35 bits per heavy atom. The first-order valence-electron chi connectivity index (χ1n) is 6.17. The predicted octanol–water partition coefficient (Wildman–Crippen LogP) is 2.37. The van der Waals surface area contributed by atoms with Crippen molar-refractivity contribution < 1.29 is 14.6 Å². The molecule has 2 atom stereocenters. The van der Waals surface area contributed by atoms with Crippen LogP contribution in [0.25, 0.3) is 0 Å². The van der Waals surface area contributed by atoms with Crippen LogP contribution in [0.4, 0.5) is 0 Å². The van der Waals surface area contributed by atoms with Crippen LogP contribution in [0.3, 0.4) is 0 Å². The molecule has 0 saturated carbocycles. The molecule has 17 heavy (non-hydrogen) atoms. The standard InChI is InChI=1S/C12H24NO3P/c1-11(2)9-12(3,14)17(15,16)10-13-7-5-4-6-8-13/h9,14H,4-8,10H2,1-3H3,(H,15,16)/t12-/m1/s1. The van der Waals surface area contributed by atoms with Crippen LogP contribution < -0.4 is 0 Å². The minimum absolute atomic E-state index is 0.0871. The summed E-state index contributed by atoms with van der Waals surface area (Å²) in [7, 11) is -3.61. The third-order valence-corrected chi connectivity index (χ3v) is 5.44. The van der Waals surface area contributed by atoms with E-state index in [1.807, 2.05) is 18.7 Å². The predicted molar refractivity (Wildman–Crippen MR) is 70.2 cm³/mol. The molecule has 0 spiro atoms. The van der Waals surface area contributed by atoms with E-state index < -0.39 is 12.7 Å². The third kappa shape index (κ3) is 4.22. The largest absolute Gasteiger partial charge is 0.376 e. The fraction of sp³-hybridized carbons (Fsp3) is 0.833. The second-order valence-corrected chi connectivity index (χ2v) is 7.93. The lowest BCUT2D eigenvalue weighted by molar-refractivity contribution is 0.165. The lowest BCUT2D eigenvalue weighted by Crippen LogP contribution is -2.35. The van der Waals surface area contributed by atoms with Gasteiger partial charge in [-0.2, -0.15) is 0 Å². The van der Waals surface area contributed by atoms with E-state index in [9.17, 15) is 14.6 Å². The molecule has 1 heterocycles. The number of allylic oxidation sites excluding steroid dienone is 1. The van der Waals surface area contributed by atoms with Crippen molar-refractivity contribution in [3.05, 3.63) is 11.6 Å². The summed E-state index contributed by atoms with van der Waals surface area (Å²) in [4.78, 5) is 12.0. The minimum atomic E-state index is -3.61. The molecule has 0 amide bonds. The Hall–Kier alpha value is -0.150. The van der Waals surface area contributed by atoms with Crippen molar-refractivity contribution in [1.82, 2.24) is 4.90 Å². The monoisotopic (exact) mass is 261 g/mol. The van der Waals surface area contributed by atoms with Crippen LogP contribution >= 0.6 is 7.37 Å². The zero-order valence-electron chi connectivity index (χ0n) is 11.0. The number of likely N-dealkylation sites (tertiary alicyclic amines) is 1. The molecule has 5 heteroatoms. The SMILES string of the molecule is CC(C)=C[C@](C)(O)P(=O)(O)CN1CCCCC1. The highest BCUT2D eigenvalue weighted by Gasteiger charge is 2.40. The van der Waals surface area contributed by atoms with E-state index in [1.165, 1.54) is 19.4 Å². The van der Waals surface area contributed by atoms with Gasteiger partial charge in [0.1, 0.15) is 0 Å². The van der Waals surface area contributed by atoms with Gasteiger partial charge in [-0.05, 0) is 52.8 Å². The molecule has 0 aromatic rings. The topological polar surface area (TPSA) is 60.8 Å². The fourth-order valence-electron chi connectivity index (χ4n) is 2.16. The van der Waals surface area contributed by atoms with Gasteiger partial charge < -0.3 is 10.00 Å². The van der Waals surface area contributed by atoms with Crippen LogP contribution in [-0.4, -0.2) is 39.6 Å². The van der Waals surface area contributed by atoms with Crippen molar-refractivity contribution in [3.8, 4) is 0 Å². The molecule has 0 bridgehead atoms. The molecule has 1 aliphatic heterocycles. The number of piperidine rings is 1. The smallest absolute Gasteiger partial charge is 0.248 e. The van der Waals surface area contributed by atoms with Crippen LogP contribution in [0.15, 0.2) is 11.6 Å². The van der Waals surface area contributed by atoms with Crippen LogP contribution in [-0.2, 0) is 4.57 Å². The minimum Gasteiger partial charge on any atom is -0.376 e. The van der Waals surface area contributed by atoms with Gasteiger partial charge in [0.25, 0.3) is 0 Å². The first kappa shape index (κ1) is 14.9. The summed E-state index contributed by atoms with van der Waals surface area (Å²) in [5.74, 6) is 0. The van der Waals surface area contributed by atoms with Gasteiger partial charge in [0.05, 0.1) is 6.29 Å². The van der Waals surface area contributed by atoms with E-state index >= 15 is 0 Å². The first-order valence-corrected chi connectivity index (χ1v) is 8.02. The Morgan fingerprint density at radius 3 is 2.35 bits per heavy atom. The van der Waals surface area contributed by atoms with Crippen molar-refractivity contribution >= 4 is 7.37 Å². The Morgan fingerprint density at radius 2 is 1.88 bits per heavy atom. The molecular formula is C12H24NO3P. The normalized spacial score (nSPS) is 24.8. The Kier molecular flexibility index (Phi) is 4.96. The Balaban J connectivity index is 2.72. The zero-order chi connectivity index (χ0) is 13.1. The van der Waals surface area contributed by atoms with Crippen LogP contribution in [0, 0.1) is 0 Å². The maximum atomic E-state index is 12.3. The van der Waals surface area contributed by atoms with Gasteiger partial charge in [0.15, 0.2) is 5.34 Å². The second-order valence-electron chi connectivity index (χ2n) is 5.34. The van der Waals surface area contributed by atoms with E-state index in [0.29, 0.717) is 0 Å². The highest BCUT2D eigenvalue weighted by Crippen LogP contribution is 2.54. The maximum Gasteiger partial charge on any atom is 0.248 e. The quantitative estimate of drug-likeness (QED) is 0.602. The van der Waals surface area contributed by atoms with Crippen molar-refractivity contribution in [3.63, 3.8) is 0 Å². The first-order chi connectivity index (χ1) is 7.74. The molecule has 2 N–H and O–H groups in total. The summed E-state index contributed by atoms with van der Waals surface area (Å²) in [6.07, 6.45) is 4.91. The molecule has 0 aliphatic carbocycles. The van der Waals surface area contributed by atoms with E-state index in [0.717, 1.165) is 31.5 Å². The summed E-state index contributed by atoms with van der Waals surface area (Å²) >= 11 is 0. The third-order valence-electron chi connectivity index (χ3n) is 3.11. The van der Waals surface area contributed by atoms with Gasteiger partial charge in [-0.25, -0.2) is 0 Å². The summed E-state index contributed by atoms with van der Waals surface area (Å²) in [5.41, 5.74) is 0.850. The maximum absolute atomic E-state index is 12.3. The van der Waals surface area contributed by atoms with Gasteiger partial charge in [-0.3, -0.25) is 9.46 Å². The zero-order valence-corrected chi connectivity index (χ0v) is 11.9. The summed E-state index contributed by atoms with van der Waals surface area (Å²) in [5, 5.41) is 8.51. The van der Waals surface area contributed by atoms with E-state index in [2.05, 4.69) is 0 Å². The summed E-state index contributed by atoms with van der Waals surface area (Å²) in [6.45, 7) is 6.76.